The summed E-state index contributed by atoms with van der Waals surface area (Å²) in [5.74, 6) is 0.939. The van der Waals surface area contributed by atoms with Crippen LogP contribution in [0.15, 0.2) is 29.4 Å². The maximum absolute atomic E-state index is 12.6. The van der Waals surface area contributed by atoms with Crippen molar-refractivity contribution in [1.82, 2.24) is 5.43 Å². The lowest BCUT2D eigenvalue weighted by atomic mass is 9.92. The fraction of sp³-hybridized carbons (Fsp3) is 0.333. The molecule has 1 aliphatic rings. The van der Waals surface area contributed by atoms with E-state index in [4.69, 9.17) is 21.1 Å². The third-order valence-electron chi connectivity index (χ3n) is 4.56. The van der Waals surface area contributed by atoms with Crippen LogP contribution in [0.25, 0.3) is 0 Å². The molecule has 0 atom stereocenters. The number of ether oxygens (including phenoxy) is 2. The first-order valence-corrected chi connectivity index (χ1v) is 9.45. The molecule has 0 unspecified atom stereocenters. The normalized spacial score (nSPS) is 13.0. The van der Waals surface area contributed by atoms with Gasteiger partial charge in [0, 0.05) is 11.6 Å². The molecule has 2 aromatic carbocycles. The van der Waals surface area contributed by atoms with Gasteiger partial charge < -0.3 is 14.6 Å². The predicted molar refractivity (Wildman–Crippen MR) is 109 cm³/mol. The summed E-state index contributed by atoms with van der Waals surface area (Å²) in [6, 6.07) is 6.97. The summed E-state index contributed by atoms with van der Waals surface area (Å²) in [4.78, 5) is 12.6. The summed E-state index contributed by atoms with van der Waals surface area (Å²) in [6.45, 7) is 8.17. The van der Waals surface area contributed by atoms with Crippen molar-refractivity contribution in [2.45, 2.75) is 39.5 Å². The van der Waals surface area contributed by atoms with Crippen molar-refractivity contribution in [3.63, 3.8) is 0 Å². The number of benzene rings is 2. The lowest BCUT2D eigenvalue weighted by molar-refractivity contribution is 0.0952. The average molecular weight is 403 g/mol. The van der Waals surface area contributed by atoms with Crippen molar-refractivity contribution in [1.29, 1.82) is 0 Å². The van der Waals surface area contributed by atoms with Crippen LogP contribution in [-0.2, 0) is 0 Å². The highest BCUT2D eigenvalue weighted by Crippen LogP contribution is 2.36. The molecule has 0 radical (unpaired) electrons. The Balaban J connectivity index is 1.83. The number of phenolic OH excluding ortho intramolecular Hbond substituents is 1. The first kappa shape index (κ1) is 20.0. The molecular weight excluding hydrogens is 380 g/mol. The van der Waals surface area contributed by atoms with Gasteiger partial charge in [-0.15, -0.1) is 0 Å². The summed E-state index contributed by atoms with van der Waals surface area (Å²) in [5.41, 5.74) is 4.95. The van der Waals surface area contributed by atoms with Gasteiger partial charge in [-0.25, -0.2) is 5.43 Å². The first-order chi connectivity index (χ1) is 13.3. The molecule has 7 heteroatoms. The zero-order valence-corrected chi connectivity index (χ0v) is 17.0. The molecule has 2 N–H and O–H groups in total. The molecule has 3 rings (SSSR count). The van der Waals surface area contributed by atoms with E-state index in [0.29, 0.717) is 22.1 Å². The number of aromatic hydroxyl groups is 1. The maximum atomic E-state index is 12.6. The Labute approximate surface area is 169 Å². The Bertz CT molecular complexity index is 938. The number of hydrogen-bond donors (Lipinski definition) is 2. The second-order valence-corrected chi connectivity index (χ2v) is 7.65. The van der Waals surface area contributed by atoms with E-state index < -0.39 is 5.91 Å². The molecule has 1 heterocycles. The van der Waals surface area contributed by atoms with Crippen LogP contribution in [0.1, 0.15) is 66.6 Å². The predicted octanol–water partition coefficient (Wildman–Crippen LogP) is 4.79. The van der Waals surface area contributed by atoms with Gasteiger partial charge in [-0.3, -0.25) is 4.79 Å². The number of fused-ring (bicyclic) bond motifs is 1. The van der Waals surface area contributed by atoms with E-state index in [1.165, 1.54) is 6.21 Å². The van der Waals surface area contributed by atoms with Crippen molar-refractivity contribution in [3.8, 4) is 17.2 Å². The molecule has 0 saturated heterocycles. The van der Waals surface area contributed by atoms with Gasteiger partial charge >= 0.3 is 0 Å². The second-order valence-electron chi connectivity index (χ2n) is 7.24. The number of nitrogens with zero attached hydrogens (tertiary/aromatic N) is 1. The number of hydrazone groups is 1. The van der Waals surface area contributed by atoms with Gasteiger partial charge in [-0.2, -0.15) is 5.10 Å². The van der Waals surface area contributed by atoms with E-state index in [1.54, 1.807) is 18.2 Å². The van der Waals surface area contributed by atoms with Gasteiger partial charge in [0.05, 0.1) is 16.8 Å². The van der Waals surface area contributed by atoms with Crippen molar-refractivity contribution >= 4 is 23.7 Å². The van der Waals surface area contributed by atoms with Gasteiger partial charge in [-0.05, 0) is 35.1 Å². The van der Waals surface area contributed by atoms with E-state index in [-0.39, 0.29) is 29.9 Å². The number of carbonyl (C=O) groups is 1. The lowest BCUT2D eigenvalue weighted by Crippen LogP contribution is -2.19. The van der Waals surface area contributed by atoms with Crippen LogP contribution >= 0.6 is 11.6 Å². The summed E-state index contributed by atoms with van der Waals surface area (Å²) in [7, 11) is 0. The fourth-order valence-corrected chi connectivity index (χ4v) is 3.08. The van der Waals surface area contributed by atoms with E-state index in [1.807, 2.05) is 33.8 Å². The number of carbonyl (C=O) groups excluding carboxylic acids is 1. The van der Waals surface area contributed by atoms with Crippen LogP contribution in [-0.4, -0.2) is 24.0 Å². The Hall–Kier alpha value is -2.73. The fourth-order valence-electron chi connectivity index (χ4n) is 2.88. The minimum absolute atomic E-state index is 0.0202. The molecule has 1 amide bonds. The number of amides is 1. The zero-order valence-electron chi connectivity index (χ0n) is 16.2. The zero-order chi connectivity index (χ0) is 20.4. The smallest absolute Gasteiger partial charge is 0.275 e. The molecular formula is C21H23ClN2O4. The minimum atomic E-state index is -0.491. The Morgan fingerprint density at radius 1 is 1.14 bits per heavy atom. The molecule has 1 aliphatic heterocycles. The van der Waals surface area contributed by atoms with Crippen molar-refractivity contribution in [2.24, 2.45) is 5.10 Å². The van der Waals surface area contributed by atoms with Crippen LogP contribution in [0.4, 0.5) is 0 Å². The molecule has 0 fully saturated rings. The molecule has 148 valence electrons. The van der Waals surface area contributed by atoms with Crippen molar-refractivity contribution in [3.05, 3.63) is 51.5 Å². The van der Waals surface area contributed by atoms with E-state index in [0.717, 1.165) is 11.1 Å². The standard InChI is InChI=1S/C21H23ClN2O4/c1-11(2)13-5-15(12(3)4)20(25)16(6-13)21(26)24-23-9-14-7-18-19(8-17(14)22)28-10-27-18/h5-9,11-12,25H,10H2,1-4H3,(H,24,26). The van der Waals surface area contributed by atoms with E-state index >= 15 is 0 Å². The highest BCUT2D eigenvalue weighted by Gasteiger charge is 2.19. The summed E-state index contributed by atoms with van der Waals surface area (Å²) in [5, 5.41) is 14.9. The Morgan fingerprint density at radius 3 is 2.46 bits per heavy atom. The number of phenols is 1. The van der Waals surface area contributed by atoms with Crippen LogP contribution in [0.3, 0.4) is 0 Å². The first-order valence-electron chi connectivity index (χ1n) is 9.07. The highest BCUT2D eigenvalue weighted by molar-refractivity contribution is 6.33. The van der Waals surface area contributed by atoms with Gasteiger partial charge in [0.25, 0.3) is 5.91 Å². The number of nitrogens with one attached hydrogen (secondary N) is 1. The summed E-state index contributed by atoms with van der Waals surface area (Å²) < 4.78 is 10.6. The molecule has 2 aromatic rings. The Kier molecular flexibility index (Phi) is 5.79. The maximum Gasteiger partial charge on any atom is 0.275 e. The van der Waals surface area contributed by atoms with Crippen LogP contribution in [0.2, 0.25) is 5.02 Å². The van der Waals surface area contributed by atoms with Gasteiger partial charge in [-0.1, -0.05) is 45.4 Å². The molecule has 0 bridgehead atoms. The van der Waals surface area contributed by atoms with Crippen molar-refractivity contribution < 1.29 is 19.4 Å². The van der Waals surface area contributed by atoms with E-state index in [9.17, 15) is 9.90 Å². The average Bonchev–Trinajstić information content (AvgIpc) is 3.08. The lowest BCUT2D eigenvalue weighted by Gasteiger charge is -2.16. The molecule has 0 aromatic heterocycles. The topological polar surface area (TPSA) is 80.2 Å². The molecule has 28 heavy (non-hydrogen) atoms. The third kappa shape index (κ3) is 4.07. The number of rotatable bonds is 5. The highest BCUT2D eigenvalue weighted by atomic mass is 35.5. The minimum Gasteiger partial charge on any atom is -0.507 e. The van der Waals surface area contributed by atoms with Gasteiger partial charge in [0.2, 0.25) is 6.79 Å². The molecule has 0 spiro atoms. The molecule has 6 nitrogen and oxygen atoms in total. The van der Waals surface area contributed by atoms with Gasteiger partial charge in [0.15, 0.2) is 11.5 Å². The SMILES string of the molecule is CC(C)c1cc(C(=O)NN=Cc2cc3c(cc2Cl)OCO3)c(O)c(C(C)C)c1. The third-order valence-corrected chi connectivity index (χ3v) is 4.88. The number of hydrogen-bond acceptors (Lipinski definition) is 5. The van der Waals surface area contributed by atoms with Gasteiger partial charge in [0.1, 0.15) is 5.75 Å². The second kappa shape index (κ2) is 8.10. The number of halogens is 1. The summed E-state index contributed by atoms with van der Waals surface area (Å²) in [6.07, 6.45) is 1.43. The quantitative estimate of drug-likeness (QED) is 0.556. The molecule has 0 aliphatic carbocycles. The monoisotopic (exact) mass is 402 g/mol. The Morgan fingerprint density at radius 2 is 1.82 bits per heavy atom. The van der Waals surface area contributed by atoms with Crippen molar-refractivity contribution in [2.75, 3.05) is 6.79 Å². The van der Waals surface area contributed by atoms with E-state index in [2.05, 4.69) is 10.5 Å². The van der Waals surface area contributed by atoms with Crippen LogP contribution < -0.4 is 14.9 Å². The summed E-state index contributed by atoms with van der Waals surface area (Å²) >= 11 is 6.20. The molecule has 0 saturated carbocycles. The largest absolute Gasteiger partial charge is 0.507 e. The van der Waals surface area contributed by atoms with Crippen LogP contribution in [0, 0.1) is 0 Å². The van der Waals surface area contributed by atoms with Crippen LogP contribution in [0.5, 0.6) is 17.2 Å².